The van der Waals surface area contributed by atoms with Gasteiger partial charge in [-0.25, -0.2) is 8.78 Å². The van der Waals surface area contributed by atoms with E-state index in [4.69, 9.17) is 12.2 Å². The summed E-state index contributed by atoms with van der Waals surface area (Å²) in [5.74, 6) is -0.871. The molecule has 0 unspecified atom stereocenters. The van der Waals surface area contributed by atoms with E-state index in [9.17, 15) is 8.78 Å². The summed E-state index contributed by atoms with van der Waals surface area (Å²) in [6.45, 7) is 0. The van der Waals surface area contributed by atoms with Crippen molar-refractivity contribution in [3.8, 4) is 5.69 Å². The highest BCUT2D eigenvalue weighted by Crippen LogP contribution is 2.27. The summed E-state index contributed by atoms with van der Waals surface area (Å²) in [5.41, 5.74) is 1.37. The van der Waals surface area contributed by atoms with Gasteiger partial charge in [-0.3, -0.25) is 4.57 Å². The van der Waals surface area contributed by atoms with Crippen LogP contribution >= 0.6 is 44.1 Å². The summed E-state index contributed by atoms with van der Waals surface area (Å²) in [7, 11) is 0. The number of aromatic amines is 1. The van der Waals surface area contributed by atoms with Crippen LogP contribution < -0.4 is 0 Å². The molecule has 0 fully saturated rings. The van der Waals surface area contributed by atoms with E-state index in [1.807, 2.05) is 0 Å². The van der Waals surface area contributed by atoms with Crippen molar-refractivity contribution >= 4 is 55.1 Å². The molecular weight excluding hydrogens is 414 g/mol. The lowest BCUT2D eigenvalue weighted by atomic mass is 10.2. The maximum atomic E-state index is 14.0. The van der Waals surface area contributed by atoms with E-state index in [-0.39, 0.29) is 5.69 Å². The van der Waals surface area contributed by atoms with Crippen LogP contribution in [-0.4, -0.2) is 9.55 Å². The van der Waals surface area contributed by atoms with Crippen molar-refractivity contribution in [1.82, 2.24) is 9.55 Å². The van der Waals surface area contributed by atoms with E-state index < -0.39 is 11.6 Å². The van der Waals surface area contributed by atoms with Gasteiger partial charge in [0.25, 0.3) is 0 Å². The SMILES string of the molecule is Fc1cc2c(cc1Br)[nH]c(=S)n2-c1cc(Br)ccc1F. The number of benzene rings is 2. The van der Waals surface area contributed by atoms with Crippen LogP contribution in [0, 0.1) is 16.4 Å². The Kier molecular flexibility index (Phi) is 3.51. The Balaban J connectivity index is 2.42. The molecule has 0 aliphatic heterocycles. The average molecular weight is 420 g/mol. The number of nitrogens with one attached hydrogen (secondary N) is 1. The lowest BCUT2D eigenvalue weighted by molar-refractivity contribution is 0.616. The van der Waals surface area contributed by atoms with Crippen LogP contribution in [0.3, 0.4) is 0 Å². The molecule has 1 heterocycles. The van der Waals surface area contributed by atoms with Crippen LogP contribution in [-0.2, 0) is 0 Å². The average Bonchev–Trinajstić information content (AvgIpc) is 2.69. The Hall–Kier alpha value is -1.05. The minimum absolute atomic E-state index is 0.261. The number of imidazole rings is 1. The van der Waals surface area contributed by atoms with Gasteiger partial charge in [-0.2, -0.15) is 0 Å². The molecule has 2 nitrogen and oxygen atoms in total. The first-order valence-electron chi connectivity index (χ1n) is 5.52. The number of nitrogens with zero attached hydrogens (tertiary/aromatic N) is 1. The third-order valence-electron chi connectivity index (χ3n) is 2.87. The number of hydrogen-bond donors (Lipinski definition) is 1. The van der Waals surface area contributed by atoms with E-state index in [1.54, 1.807) is 18.2 Å². The molecule has 0 aliphatic carbocycles. The van der Waals surface area contributed by atoms with E-state index in [0.29, 0.717) is 24.7 Å². The Morgan fingerprint density at radius 3 is 2.55 bits per heavy atom. The number of hydrogen-bond acceptors (Lipinski definition) is 1. The van der Waals surface area contributed by atoms with Gasteiger partial charge in [-0.1, -0.05) is 15.9 Å². The maximum absolute atomic E-state index is 14.0. The molecule has 3 rings (SSSR count). The summed E-state index contributed by atoms with van der Waals surface area (Å²) >= 11 is 11.6. The summed E-state index contributed by atoms with van der Waals surface area (Å²) in [5, 5.41) is 0. The lowest BCUT2D eigenvalue weighted by Crippen LogP contribution is -1.98. The molecule has 0 amide bonds. The molecule has 102 valence electrons. The van der Waals surface area contributed by atoms with Gasteiger partial charge in [0.05, 0.1) is 21.2 Å². The summed E-state index contributed by atoms with van der Waals surface area (Å²) in [6.07, 6.45) is 0. The number of halogens is 4. The van der Waals surface area contributed by atoms with Gasteiger partial charge < -0.3 is 4.98 Å². The van der Waals surface area contributed by atoms with Crippen LogP contribution in [0.1, 0.15) is 0 Å². The highest BCUT2D eigenvalue weighted by molar-refractivity contribution is 9.10. The third kappa shape index (κ3) is 2.23. The first-order valence-corrected chi connectivity index (χ1v) is 7.52. The zero-order chi connectivity index (χ0) is 14.4. The molecule has 20 heavy (non-hydrogen) atoms. The van der Waals surface area contributed by atoms with E-state index in [2.05, 4.69) is 36.8 Å². The third-order valence-corrected chi connectivity index (χ3v) is 4.26. The molecule has 0 saturated heterocycles. The normalized spacial score (nSPS) is 11.2. The molecule has 0 bridgehead atoms. The highest BCUT2D eigenvalue weighted by atomic mass is 79.9. The quantitative estimate of drug-likeness (QED) is 0.517. The fourth-order valence-electron chi connectivity index (χ4n) is 2.00. The fraction of sp³-hybridized carbons (Fsp3) is 0. The van der Waals surface area contributed by atoms with Crippen molar-refractivity contribution < 1.29 is 8.78 Å². The number of rotatable bonds is 1. The van der Waals surface area contributed by atoms with Crippen molar-refractivity contribution in [2.24, 2.45) is 0 Å². The van der Waals surface area contributed by atoms with Gasteiger partial charge in [0, 0.05) is 10.5 Å². The van der Waals surface area contributed by atoms with Crippen LogP contribution in [0.5, 0.6) is 0 Å². The Labute approximate surface area is 134 Å². The lowest BCUT2D eigenvalue weighted by Gasteiger charge is -2.07. The second kappa shape index (κ2) is 5.05. The zero-order valence-corrected chi connectivity index (χ0v) is 13.7. The van der Waals surface area contributed by atoms with E-state index in [1.165, 1.54) is 16.7 Å². The van der Waals surface area contributed by atoms with Gasteiger partial charge >= 0.3 is 0 Å². The number of aromatic nitrogens is 2. The second-order valence-corrected chi connectivity index (χ2v) is 6.30. The van der Waals surface area contributed by atoms with Crippen molar-refractivity contribution in [1.29, 1.82) is 0 Å². The van der Waals surface area contributed by atoms with Crippen LogP contribution in [0.25, 0.3) is 16.7 Å². The minimum Gasteiger partial charge on any atom is -0.330 e. The van der Waals surface area contributed by atoms with Crippen LogP contribution in [0.2, 0.25) is 0 Å². The van der Waals surface area contributed by atoms with Gasteiger partial charge in [0.15, 0.2) is 4.77 Å². The topological polar surface area (TPSA) is 20.7 Å². The van der Waals surface area contributed by atoms with Gasteiger partial charge in [-0.05, 0) is 52.4 Å². The van der Waals surface area contributed by atoms with Crippen molar-refractivity contribution in [2.75, 3.05) is 0 Å². The zero-order valence-electron chi connectivity index (χ0n) is 9.75. The first kappa shape index (κ1) is 13.9. The number of H-pyrrole nitrogens is 1. The molecule has 7 heteroatoms. The minimum atomic E-state index is -0.437. The monoisotopic (exact) mass is 418 g/mol. The largest absolute Gasteiger partial charge is 0.330 e. The van der Waals surface area contributed by atoms with E-state index in [0.717, 1.165) is 0 Å². The predicted octanol–water partition coefficient (Wildman–Crippen LogP) is 5.49. The Morgan fingerprint density at radius 2 is 1.80 bits per heavy atom. The summed E-state index contributed by atoms with van der Waals surface area (Å²) in [6, 6.07) is 7.40. The molecular formula is C13H6Br2F2N2S. The molecule has 0 saturated carbocycles. The standard InChI is InChI=1S/C13H6Br2F2N2S/c14-6-1-2-8(16)11(3-6)19-12-5-9(17)7(15)4-10(12)18-13(19)20/h1-5H,(H,18,20). The van der Waals surface area contributed by atoms with Gasteiger partial charge in [0.2, 0.25) is 0 Å². The Morgan fingerprint density at radius 1 is 1.05 bits per heavy atom. The van der Waals surface area contributed by atoms with Crippen LogP contribution in [0.15, 0.2) is 39.3 Å². The molecule has 0 atom stereocenters. The predicted molar refractivity (Wildman–Crippen MR) is 83.8 cm³/mol. The molecule has 1 N–H and O–H groups in total. The summed E-state index contributed by atoms with van der Waals surface area (Å²) < 4.78 is 30.5. The smallest absolute Gasteiger partial charge is 0.182 e. The molecule has 0 spiro atoms. The molecule has 1 aromatic heterocycles. The Bertz CT molecular complexity index is 886. The van der Waals surface area contributed by atoms with Gasteiger partial charge in [0.1, 0.15) is 11.6 Å². The fourth-order valence-corrected chi connectivity index (χ4v) is 3.00. The molecule has 0 aliphatic rings. The molecule has 3 aromatic rings. The molecule has 2 aromatic carbocycles. The molecule has 0 radical (unpaired) electrons. The van der Waals surface area contributed by atoms with E-state index >= 15 is 0 Å². The number of fused-ring (bicyclic) bond motifs is 1. The maximum Gasteiger partial charge on any atom is 0.182 e. The van der Waals surface area contributed by atoms with Crippen molar-refractivity contribution in [2.45, 2.75) is 0 Å². The summed E-state index contributed by atoms with van der Waals surface area (Å²) in [4.78, 5) is 2.94. The first-order chi connectivity index (χ1) is 9.47. The van der Waals surface area contributed by atoms with Crippen LogP contribution in [0.4, 0.5) is 8.78 Å². The van der Waals surface area contributed by atoms with Crippen molar-refractivity contribution in [3.05, 3.63) is 55.7 Å². The highest BCUT2D eigenvalue weighted by Gasteiger charge is 2.13. The van der Waals surface area contributed by atoms with Crippen molar-refractivity contribution in [3.63, 3.8) is 0 Å². The van der Waals surface area contributed by atoms with Gasteiger partial charge in [-0.15, -0.1) is 0 Å². The second-order valence-electron chi connectivity index (χ2n) is 4.14.